The van der Waals surface area contributed by atoms with Crippen LogP contribution in [-0.4, -0.2) is 24.0 Å². The number of benzene rings is 1. The van der Waals surface area contributed by atoms with E-state index in [1.807, 2.05) is 30.3 Å². The number of Topliss-reactive ketones (excluding diaryl/α,β-unsaturated/α-hetero) is 1. The molecule has 0 N–H and O–H groups in total. The zero-order chi connectivity index (χ0) is 17.6. The van der Waals surface area contributed by atoms with Crippen LogP contribution in [0.25, 0.3) is 0 Å². The summed E-state index contributed by atoms with van der Waals surface area (Å²) >= 11 is 0. The molecule has 1 unspecified atom stereocenters. The molecule has 1 aliphatic rings. The number of ether oxygens (including phenoxy) is 2. The van der Waals surface area contributed by atoms with Gasteiger partial charge in [-0.05, 0) is 68.0 Å². The summed E-state index contributed by atoms with van der Waals surface area (Å²) in [5, 5.41) is 0. The fraction of sp³-hybridized carbons (Fsp3) is 0.429. The van der Waals surface area contributed by atoms with Gasteiger partial charge in [-0.1, -0.05) is 6.07 Å². The molecule has 2 aromatic rings. The Bertz CT molecular complexity index is 708. The molecule has 0 aliphatic heterocycles. The van der Waals surface area contributed by atoms with Crippen molar-refractivity contribution in [3.05, 3.63) is 53.9 Å². The fourth-order valence-electron chi connectivity index (χ4n) is 3.50. The first-order valence-electron chi connectivity index (χ1n) is 8.91. The molecule has 1 aliphatic carbocycles. The van der Waals surface area contributed by atoms with E-state index < -0.39 is 0 Å². The van der Waals surface area contributed by atoms with Crippen LogP contribution < -0.4 is 9.47 Å². The average Bonchev–Trinajstić information content (AvgIpc) is 3.13. The lowest BCUT2D eigenvalue weighted by molar-refractivity contribution is -0.117. The molecule has 4 heteroatoms. The van der Waals surface area contributed by atoms with Crippen LogP contribution in [0, 0.1) is 0 Å². The normalized spacial score (nSPS) is 15.8. The highest BCUT2D eigenvalue weighted by molar-refractivity contribution is 5.77. The standard InChI is InChI=1S/C21H25NO3/c1-15(23)13-19(16-9-11-22-12-10-16)17-7-8-20(24-2)21(14-17)25-18-5-3-4-6-18/h7-12,14,18-19H,3-6,13H2,1-2H3. The van der Waals surface area contributed by atoms with E-state index in [9.17, 15) is 4.79 Å². The van der Waals surface area contributed by atoms with Gasteiger partial charge < -0.3 is 9.47 Å². The van der Waals surface area contributed by atoms with Crippen molar-refractivity contribution in [2.45, 2.75) is 51.0 Å². The Morgan fingerprint density at radius 2 is 1.84 bits per heavy atom. The fourth-order valence-corrected chi connectivity index (χ4v) is 3.50. The second kappa shape index (κ2) is 8.15. The summed E-state index contributed by atoms with van der Waals surface area (Å²) in [5.74, 6) is 1.68. The highest BCUT2D eigenvalue weighted by Gasteiger charge is 2.21. The Hall–Kier alpha value is -2.36. The molecule has 3 rings (SSSR count). The third-order valence-electron chi connectivity index (χ3n) is 4.79. The lowest BCUT2D eigenvalue weighted by Crippen LogP contribution is -2.12. The second-order valence-corrected chi connectivity index (χ2v) is 6.67. The highest BCUT2D eigenvalue weighted by atomic mass is 16.5. The largest absolute Gasteiger partial charge is 0.493 e. The van der Waals surface area contributed by atoms with Gasteiger partial charge in [0.1, 0.15) is 5.78 Å². The van der Waals surface area contributed by atoms with Crippen LogP contribution in [0.3, 0.4) is 0 Å². The summed E-state index contributed by atoms with van der Waals surface area (Å²) in [5.41, 5.74) is 2.15. The Morgan fingerprint density at radius 3 is 2.48 bits per heavy atom. The summed E-state index contributed by atoms with van der Waals surface area (Å²) in [4.78, 5) is 15.9. The number of carbonyl (C=O) groups excluding carboxylic acids is 1. The molecule has 1 heterocycles. The summed E-state index contributed by atoms with van der Waals surface area (Å²) in [6, 6.07) is 9.93. The summed E-state index contributed by atoms with van der Waals surface area (Å²) < 4.78 is 11.7. The molecule has 0 radical (unpaired) electrons. The van der Waals surface area contributed by atoms with E-state index >= 15 is 0 Å². The first-order chi connectivity index (χ1) is 12.2. The number of hydrogen-bond donors (Lipinski definition) is 0. The van der Waals surface area contributed by atoms with E-state index in [4.69, 9.17) is 9.47 Å². The number of nitrogens with zero attached hydrogens (tertiary/aromatic N) is 1. The zero-order valence-electron chi connectivity index (χ0n) is 14.9. The van der Waals surface area contributed by atoms with Crippen LogP contribution >= 0.6 is 0 Å². The smallest absolute Gasteiger partial charge is 0.161 e. The van der Waals surface area contributed by atoms with Gasteiger partial charge in [-0.15, -0.1) is 0 Å². The minimum Gasteiger partial charge on any atom is -0.493 e. The Balaban J connectivity index is 1.93. The van der Waals surface area contributed by atoms with Gasteiger partial charge in [0.25, 0.3) is 0 Å². The molecule has 1 atom stereocenters. The van der Waals surface area contributed by atoms with Crippen LogP contribution in [0.4, 0.5) is 0 Å². The summed E-state index contributed by atoms with van der Waals surface area (Å²) in [6.45, 7) is 1.63. The molecule has 0 spiro atoms. The lowest BCUT2D eigenvalue weighted by atomic mass is 9.87. The Morgan fingerprint density at radius 1 is 1.12 bits per heavy atom. The van der Waals surface area contributed by atoms with Gasteiger partial charge in [0, 0.05) is 24.7 Å². The highest BCUT2D eigenvalue weighted by Crippen LogP contribution is 2.37. The van der Waals surface area contributed by atoms with Gasteiger partial charge in [-0.3, -0.25) is 9.78 Å². The van der Waals surface area contributed by atoms with Crippen LogP contribution in [0.15, 0.2) is 42.7 Å². The lowest BCUT2D eigenvalue weighted by Gasteiger charge is -2.21. The molecular weight excluding hydrogens is 314 g/mol. The van der Waals surface area contributed by atoms with Gasteiger partial charge in [0.15, 0.2) is 11.5 Å². The molecule has 1 saturated carbocycles. The quantitative estimate of drug-likeness (QED) is 0.744. The van der Waals surface area contributed by atoms with Crippen molar-refractivity contribution in [3.63, 3.8) is 0 Å². The number of rotatable bonds is 7. The third kappa shape index (κ3) is 4.38. The van der Waals surface area contributed by atoms with Crippen molar-refractivity contribution in [3.8, 4) is 11.5 Å². The van der Waals surface area contributed by atoms with Gasteiger partial charge in [0.05, 0.1) is 13.2 Å². The number of carbonyl (C=O) groups is 1. The maximum Gasteiger partial charge on any atom is 0.161 e. The summed E-state index contributed by atoms with van der Waals surface area (Å²) in [6.07, 6.45) is 8.87. The molecule has 4 nitrogen and oxygen atoms in total. The predicted molar refractivity (Wildman–Crippen MR) is 97.3 cm³/mol. The zero-order valence-corrected chi connectivity index (χ0v) is 14.9. The molecule has 132 valence electrons. The van der Waals surface area contributed by atoms with Crippen molar-refractivity contribution >= 4 is 5.78 Å². The topological polar surface area (TPSA) is 48.4 Å². The molecule has 1 aromatic heterocycles. The van der Waals surface area contributed by atoms with E-state index in [0.717, 1.165) is 35.5 Å². The van der Waals surface area contributed by atoms with Gasteiger partial charge in [0.2, 0.25) is 0 Å². The monoisotopic (exact) mass is 339 g/mol. The van der Waals surface area contributed by atoms with E-state index in [2.05, 4.69) is 4.98 Å². The van der Waals surface area contributed by atoms with Gasteiger partial charge in [-0.25, -0.2) is 0 Å². The van der Waals surface area contributed by atoms with E-state index in [1.54, 1.807) is 26.4 Å². The average molecular weight is 339 g/mol. The van der Waals surface area contributed by atoms with Crippen molar-refractivity contribution in [1.29, 1.82) is 0 Å². The molecule has 0 saturated heterocycles. The minimum atomic E-state index is -0.00247. The van der Waals surface area contributed by atoms with E-state index in [0.29, 0.717) is 6.42 Å². The molecule has 0 amide bonds. The number of aromatic nitrogens is 1. The maximum absolute atomic E-state index is 11.8. The van der Waals surface area contributed by atoms with E-state index in [-0.39, 0.29) is 17.8 Å². The Kier molecular flexibility index (Phi) is 5.69. The van der Waals surface area contributed by atoms with Gasteiger partial charge in [-0.2, -0.15) is 0 Å². The first-order valence-corrected chi connectivity index (χ1v) is 8.91. The van der Waals surface area contributed by atoms with Crippen LogP contribution in [-0.2, 0) is 4.79 Å². The number of hydrogen-bond acceptors (Lipinski definition) is 4. The maximum atomic E-state index is 11.8. The molecule has 25 heavy (non-hydrogen) atoms. The SMILES string of the molecule is COc1ccc(C(CC(C)=O)c2ccncc2)cc1OC1CCCC1. The van der Waals surface area contributed by atoms with E-state index in [1.165, 1.54) is 12.8 Å². The molecule has 1 aromatic carbocycles. The van der Waals surface area contributed by atoms with Crippen LogP contribution in [0.5, 0.6) is 11.5 Å². The minimum absolute atomic E-state index is 0.00247. The number of methoxy groups -OCH3 is 1. The third-order valence-corrected chi connectivity index (χ3v) is 4.79. The second-order valence-electron chi connectivity index (χ2n) is 6.67. The van der Waals surface area contributed by atoms with Crippen LogP contribution in [0.2, 0.25) is 0 Å². The van der Waals surface area contributed by atoms with Crippen molar-refractivity contribution in [2.75, 3.05) is 7.11 Å². The van der Waals surface area contributed by atoms with Crippen molar-refractivity contribution in [1.82, 2.24) is 4.98 Å². The summed E-state index contributed by atoms with van der Waals surface area (Å²) in [7, 11) is 1.66. The number of pyridine rings is 1. The molecule has 0 bridgehead atoms. The first kappa shape index (κ1) is 17.5. The van der Waals surface area contributed by atoms with Crippen LogP contribution in [0.1, 0.15) is 56.1 Å². The van der Waals surface area contributed by atoms with Gasteiger partial charge >= 0.3 is 0 Å². The van der Waals surface area contributed by atoms with Crippen molar-refractivity contribution < 1.29 is 14.3 Å². The number of ketones is 1. The molecular formula is C21H25NO3. The van der Waals surface area contributed by atoms with Crippen molar-refractivity contribution in [2.24, 2.45) is 0 Å². The predicted octanol–water partition coefficient (Wildman–Crippen LogP) is 4.52. The Labute approximate surface area is 149 Å². The molecule has 1 fully saturated rings.